The summed E-state index contributed by atoms with van der Waals surface area (Å²) in [4.78, 5) is 12.4. The Labute approximate surface area is 112 Å². The number of fused-ring (bicyclic) bond motifs is 1. The molecule has 3 nitrogen and oxygen atoms in total. The van der Waals surface area contributed by atoms with Gasteiger partial charge in [-0.15, -0.1) is 0 Å². The van der Waals surface area contributed by atoms with Crippen molar-refractivity contribution in [2.24, 2.45) is 0 Å². The van der Waals surface area contributed by atoms with Gasteiger partial charge in [0.1, 0.15) is 0 Å². The van der Waals surface area contributed by atoms with Crippen LogP contribution in [0.25, 0.3) is 10.8 Å². The van der Waals surface area contributed by atoms with Gasteiger partial charge in [0, 0.05) is 5.56 Å². The molecule has 0 bridgehead atoms. The van der Waals surface area contributed by atoms with Gasteiger partial charge in [0.05, 0.1) is 12.1 Å². The number of aliphatic hydroxyl groups is 1. The maximum atomic E-state index is 12.4. The molecular formula is C16H17NO2. The molecule has 0 aromatic heterocycles. The summed E-state index contributed by atoms with van der Waals surface area (Å²) in [6.07, 6.45) is 2.79. The van der Waals surface area contributed by atoms with Crippen molar-refractivity contribution in [1.82, 2.24) is 5.32 Å². The number of amides is 1. The van der Waals surface area contributed by atoms with Crippen molar-refractivity contribution in [1.29, 1.82) is 0 Å². The quantitative estimate of drug-likeness (QED) is 0.885. The fourth-order valence-corrected chi connectivity index (χ4v) is 2.66. The van der Waals surface area contributed by atoms with Crippen LogP contribution in [0.3, 0.4) is 0 Å². The highest BCUT2D eigenvalue weighted by Crippen LogP contribution is 2.32. The van der Waals surface area contributed by atoms with Gasteiger partial charge in [-0.3, -0.25) is 4.79 Å². The molecule has 3 rings (SSSR count). The molecule has 19 heavy (non-hydrogen) atoms. The number of carbonyl (C=O) groups excluding carboxylic acids is 1. The number of benzene rings is 2. The maximum absolute atomic E-state index is 12.4. The molecule has 0 unspecified atom stereocenters. The SMILES string of the molecule is O=C(NC1(CO)CCC1)c1cccc2ccccc12. The normalized spacial score (nSPS) is 16.9. The van der Waals surface area contributed by atoms with Gasteiger partial charge in [0.2, 0.25) is 0 Å². The summed E-state index contributed by atoms with van der Waals surface area (Å²) in [5, 5.41) is 14.4. The first-order chi connectivity index (χ1) is 9.24. The van der Waals surface area contributed by atoms with E-state index in [1.807, 2.05) is 42.5 Å². The number of hydrogen-bond acceptors (Lipinski definition) is 2. The molecule has 1 aliphatic carbocycles. The summed E-state index contributed by atoms with van der Waals surface area (Å²) in [6.45, 7) is 0.0174. The summed E-state index contributed by atoms with van der Waals surface area (Å²) < 4.78 is 0. The van der Waals surface area contributed by atoms with Gasteiger partial charge in [-0.05, 0) is 36.1 Å². The van der Waals surface area contributed by atoms with Crippen molar-refractivity contribution in [3.8, 4) is 0 Å². The molecule has 0 saturated heterocycles. The summed E-state index contributed by atoms with van der Waals surface area (Å²) in [5.74, 6) is -0.0921. The summed E-state index contributed by atoms with van der Waals surface area (Å²) in [5.41, 5.74) is 0.284. The highest BCUT2D eigenvalue weighted by atomic mass is 16.3. The second kappa shape index (κ2) is 4.67. The number of nitrogens with one attached hydrogen (secondary N) is 1. The Bertz CT molecular complexity index is 606. The lowest BCUT2D eigenvalue weighted by Crippen LogP contribution is -2.56. The van der Waals surface area contributed by atoms with Crippen LogP contribution < -0.4 is 5.32 Å². The third kappa shape index (κ3) is 2.10. The molecule has 1 amide bonds. The van der Waals surface area contributed by atoms with E-state index in [1.54, 1.807) is 0 Å². The Morgan fingerprint density at radius 1 is 1.16 bits per heavy atom. The standard InChI is InChI=1S/C16H17NO2/c18-11-16(9-4-10-16)17-15(19)14-8-3-6-12-5-1-2-7-13(12)14/h1-3,5-8,18H,4,9-11H2,(H,17,19). The predicted molar refractivity (Wildman–Crippen MR) is 75.1 cm³/mol. The van der Waals surface area contributed by atoms with Crippen LogP contribution in [-0.4, -0.2) is 23.2 Å². The Morgan fingerprint density at radius 2 is 1.89 bits per heavy atom. The highest BCUT2D eigenvalue weighted by Gasteiger charge is 2.37. The minimum atomic E-state index is -0.395. The summed E-state index contributed by atoms with van der Waals surface area (Å²) >= 11 is 0. The molecule has 1 saturated carbocycles. The van der Waals surface area contributed by atoms with Crippen molar-refractivity contribution in [2.75, 3.05) is 6.61 Å². The minimum absolute atomic E-state index is 0.0174. The van der Waals surface area contributed by atoms with Crippen LogP contribution in [-0.2, 0) is 0 Å². The van der Waals surface area contributed by atoms with Crippen molar-refractivity contribution in [3.05, 3.63) is 48.0 Å². The molecule has 3 heteroatoms. The first-order valence-corrected chi connectivity index (χ1v) is 6.65. The van der Waals surface area contributed by atoms with E-state index in [0.29, 0.717) is 5.56 Å². The van der Waals surface area contributed by atoms with E-state index in [9.17, 15) is 9.90 Å². The Morgan fingerprint density at radius 3 is 2.58 bits per heavy atom. The van der Waals surface area contributed by atoms with Gasteiger partial charge in [0.15, 0.2) is 0 Å². The van der Waals surface area contributed by atoms with Crippen LogP contribution in [0.4, 0.5) is 0 Å². The van der Waals surface area contributed by atoms with Crippen molar-refractivity contribution >= 4 is 16.7 Å². The summed E-state index contributed by atoms with van der Waals surface area (Å²) in [7, 11) is 0. The number of aliphatic hydroxyl groups excluding tert-OH is 1. The smallest absolute Gasteiger partial charge is 0.252 e. The first-order valence-electron chi connectivity index (χ1n) is 6.65. The minimum Gasteiger partial charge on any atom is -0.394 e. The number of rotatable bonds is 3. The molecule has 2 N–H and O–H groups in total. The molecule has 0 atom stereocenters. The lowest BCUT2D eigenvalue weighted by molar-refractivity contribution is 0.0643. The lowest BCUT2D eigenvalue weighted by atomic mass is 9.77. The molecular weight excluding hydrogens is 238 g/mol. The van der Waals surface area contributed by atoms with Crippen LogP contribution in [0.15, 0.2) is 42.5 Å². The predicted octanol–water partition coefficient (Wildman–Crippen LogP) is 2.48. The van der Waals surface area contributed by atoms with Crippen LogP contribution in [0.2, 0.25) is 0 Å². The molecule has 0 spiro atoms. The van der Waals surface area contributed by atoms with Crippen molar-refractivity contribution in [3.63, 3.8) is 0 Å². The van der Waals surface area contributed by atoms with Crippen molar-refractivity contribution in [2.45, 2.75) is 24.8 Å². The third-order valence-corrected chi connectivity index (χ3v) is 4.03. The zero-order valence-corrected chi connectivity index (χ0v) is 10.7. The largest absolute Gasteiger partial charge is 0.394 e. The molecule has 1 aliphatic rings. The molecule has 0 aliphatic heterocycles. The number of hydrogen-bond donors (Lipinski definition) is 2. The Kier molecular flexibility index (Phi) is 2.99. The van der Waals surface area contributed by atoms with E-state index in [-0.39, 0.29) is 12.5 Å². The molecule has 2 aromatic carbocycles. The second-order valence-electron chi connectivity index (χ2n) is 5.27. The van der Waals surface area contributed by atoms with Crippen LogP contribution in [0.5, 0.6) is 0 Å². The fraction of sp³-hybridized carbons (Fsp3) is 0.312. The van der Waals surface area contributed by atoms with Crippen LogP contribution in [0.1, 0.15) is 29.6 Å². The van der Waals surface area contributed by atoms with E-state index in [2.05, 4.69) is 5.32 Å². The average Bonchev–Trinajstić information content (AvgIpc) is 2.42. The molecule has 98 valence electrons. The fourth-order valence-electron chi connectivity index (χ4n) is 2.66. The molecule has 0 heterocycles. The second-order valence-corrected chi connectivity index (χ2v) is 5.27. The van der Waals surface area contributed by atoms with Gasteiger partial charge < -0.3 is 10.4 Å². The van der Waals surface area contributed by atoms with Gasteiger partial charge in [0.25, 0.3) is 5.91 Å². The van der Waals surface area contributed by atoms with E-state index in [0.717, 1.165) is 30.0 Å². The topological polar surface area (TPSA) is 49.3 Å². The Hall–Kier alpha value is -1.87. The maximum Gasteiger partial charge on any atom is 0.252 e. The zero-order valence-electron chi connectivity index (χ0n) is 10.7. The van der Waals surface area contributed by atoms with Gasteiger partial charge in [-0.2, -0.15) is 0 Å². The lowest BCUT2D eigenvalue weighted by Gasteiger charge is -2.41. The highest BCUT2D eigenvalue weighted by molar-refractivity contribution is 6.07. The molecule has 0 radical (unpaired) electrons. The summed E-state index contributed by atoms with van der Waals surface area (Å²) in [6, 6.07) is 13.6. The Balaban J connectivity index is 1.93. The van der Waals surface area contributed by atoms with Gasteiger partial charge in [-0.25, -0.2) is 0 Å². The van der Waals surface area contributed by atoms with Crippen LogP contribution >= 0.6 is 0 Å². The van der Waals surface area contributed by atoms with E-state index >= 15 is 0 Å². The monoisotopic (exact) mass is 255 g/mol. The van der Waals surface area contributed by atoms with E-state index < -0.39 is 5.54 Å². The van der Waals surface area contributed by atoms with Crippen molar-refractivity contribution < 1.29 is 9.90 Å². The first kappa shape index (κ1) is 12.2. The van der Waals surface area contributed by atoms with Crippen LogP contribution in [0, 0.1) is 0 Å². The molecule has 1 fully saturated rings. The zero-order chi connectivity index (χ0) is 13.3. The average molecular weight is 255 g/mol. The van der Waals surface area contributed by atoms with E-state index in [4.69, 9.17) is 0 Å². The molecule has 2 aromatic rings. The third-order valence-electron chi connectivity index (χ3n) is 4.03. The van der Waals surface area contributed by atoms with Gasteiger partial charge >= 0.3 is 0 Å². The van der Waals surface area contributed by atoms with Gasteiger partial charge in [-0.1, -0.05) is 36.4 Å². The van der Waals surface area contributed by atoms with E-state index in [1.165, 1.54) is 0 Å². The number of carbonyl (C=O) groups is 1.